The molecule has 4 rings (SSSR count). The first-order valence-electron chi connectivity index (χ1n) is 11.9. The number of esters is 1. The number of anilines is 1. The van der Waals surface area contributed by atoms with Gasteiger partial charge in [-0.1, -0.05) is 11.6 Å². The van der Waals surface area contributed by atoms with Gasteiger partial charge in [0.05, 0.1) is 26.1 Å². The molecule has 0 spiro atoms. The van der Waals surface area contributed by atoms with E-state index in [2.05, 4.69) is 43.0 Å². The van der Waals surface area contributed by atoms with Crippen molar-refractivity contribution < 1.29 is 28.4 Å². The summed E-state index contributed by atoms with van der Waals surface area (Å²) in [6.45, 7) is 4.66. The molecular weight excluding hydrogens is 498 g/mol. The molecule has 15 nitrogen and oxygen atoms in total. The molecule has 0 saturated carbocycles. The second kappa shape index (κ2) is 11.7. The molecule has 1 aliphatic heterocycles. The predicted molar refractivity (Wildman–Crippen MR) is 133 cm³/mol. The van der Waals surface area contributed by atoms with Crippen molar-refractivity contribution in [2.24, 2.45) is 5.10 Å². The van der Waals surface area contributed by atoms with E-state index in [1.165, 1.54) is 32.0 Å². The third-order valence-electron chi connectivity index (χ3n) is 6.08. The Morgan fingerprint density at radius 3 is 2.58 bits per heavy atom. The van der Waals surface area contributed by atoms with E-state index in [0.717, 1.165) is 25.8 Å². The Morgan fingerprint density at radius 1 is 1.24 bits per heavy atom. The lowest BCUT2D eigenvalue weighted by atomic mass is 10.0. The molecule has 0 aliphatic carbocycles. The number of nitrogens with two attached hydrogens (primary N) is 1. The number of carbonyl (C=O) groups excluding carboxylic acids is 2. The topological polar surface area (TPSA) is 185 Å². The number of ether oxygens (including phenoxy) is 3. The van der Waals surface area contributed by atoms with Crippen molar-refractivity contribution in [2.75, 3.05) is 26.5 Å². The predicted octanol–water partition coefficient (Wildman–Crippen LogP) is 1.31. The summed E-state index contributed by atoms with van der Waals surface area (Å²) in [6.07, 6.45) is 4.63. The summed E-state index contributed by atoms with van der Waals surface area (Å²) in [4.78, 5) is 26.8. The molecule has 1 aliphatic rings. The SMILES string of the molecule is COc1cc(C=NNC(=O)c2nnn(-c3nonc3N)c2CN2CCCCC2C)cc(OC)c1OC(C)=O. The number of rotatable bonds is 9. The molecule has 38 heavy (non-hydrogen) atoms. The molecule has 15 heteroatoms. The van der Waals surface area contributed by atoms with Crippen LogP contribution >= 0.6 is 0 Å². The number of nitrogen functional groups attached to an aromatic ring is 1. The Balaban J connectivity index is 1.58. The quantitative estimate of drug-likeness (QED) is 0.176. The molecule has 202 valence electrons. The number of benzene rings is 1. The van der Waals surface area contributed by atoms with Crippen molar-refractivity contribution in [1.82, 2.24) is 35.6 Å². The zero-order chi connectivity index (χ0) is 27.2. The number of aromatic nitrogens is 5. The number of hydrazone groups is 1. The smallest absolute Gasteiger partial charge is 0.308 e. The monoisotopic (exact) mass is 527 g/mol. The van der Waals surface area contributed by atoms with E-state index >= 15 is 0 Å². The normalized spacial score (nSPS) is 15.9. The number of amides is 1. The summed E-state index contributed by atoms with van der Waals surface area (Å²) in [6, 6.07) is 3.47. The van der Waals surface area contributed by atoms with E-state index in [4.69, 9.17) is 24.6 Å². The van der Waals surface area contributed by atoms with Crippen LogP contribution in [-0.4, -0.2) is 75.1 Å². The number of nitrogens with one attached hydrogen (secondary N) is 1. The molecule has 1 fully saturated rings. The van der Waals surface area contributed by atoms with Crippen LogP contribution in [0.3, 0.4) is 0 Å². The molecule has 1 aromatic carbocycles. The van der Waals surface area contributed by atoms with Crippen molar-refractivity contribution in [1.29, 1.82) is 0 Å². The van der Waals surface area contributed by atoms with Gasteiger partial charge in [-0.05, 0) is 48.8 Å². The first-order valence-corrected chi connectivity index (χ1v) is 11.9. The van der Waals surface area contributed by atoms with Gasteiger partial charge in [-0.3, -0.25) is 14.5 Å². The third-order valence-corrected chi connectivity index (χ3v) is 6.08. The van der Waals surface area contributed by atoms with Gasteiger partial charge in [0.1, 0.15) is 0 Å². The number of hydrogen-bond donors (Lipinski definition) is 2. The fraction of sp³-hybridized carbons (Fsp3) is 0.435. The molecule has 0 bridgehead atoms. The van der Waals surface area contributed by atoms with E-state index in [9.17, 15) is 9.59 Å². The molecule has 1 atom stereocenters. The van der Waals surface area contributed by atoms with Crippen LogP contribution in [0.4, 0.5) is 5.82 Å². The highest BCUT2D eigenvalue weighted by molar-refractivity contribution is 5.94. The van der Waals surface area contributed by atoms with Crippen LogP contribution in [0.1, 0.15) is 54.9 Å². The summed E-state index contributed by atoms with van der Waals surface area (Å²) in [5.74, 6) is -0.295. The number of carbonyl (C=O) groups is 2. The fourth-order valence-corrected chi connectivity index (χ4v) is 4.15. The minimum atomic E-state index is -0.586. The molecule has 1 unspecified atom stereocenters. The summed E-state index contributed by atoms with van der Waals surface area (Å²) in [5, 5.41) is 19.6. The first-order chi connectivity index (χ1) is 18.3. The highest BCUT2D eigenvalue weighted by atomic mass is 16.6. The lowest BCUT2D eigenvalue weighted by Gasteiger charge is -2.33. The minimum Gasteiger partial charge on any atom is -0.493 e. The summed E-state index contributed by atoms with van der Waals surface area (Å²) < 4.78 is 21.9. The van der Waals surface area contributed by atoms with Crippen molar-refractivity contribution >= 4 is 23.9 Å². The minimum absolute atomic E-state index is 0.0212. The molecular formula is C23H29N9O6. The number of likely N-dealkylation sites (tertiary alicyclic amines) is 1. The Kier molecular flexibility index (Phi) is 8.15. The molecule has 0 radical (unpaired) electrons. The van der Waals surface area contributed by atoms with Crippen LogP contribution in [0.15, 0.2) is 21.9 Å². The summed E-state index contributed by atoms with van der Waals surface area (Å²) in [5.41, 5.74) is 9.39. The van der Waals surface area contributed by atoms with Gasteiger partial charge in [0, 0.05) is 25.1 Å². The van der Waals surface area contributed by atoms with Crippen molar-refractivity contribution in [2.45, 2.75) is 45.7 Å². The van der Waals surface area contributed by atoms with Crippen LogP contribution in [-0.2, 0) is 11.3 Å². The molecule has 3 N–H and O–H groups in total. The van der Waals surface area contributed by atoms with Crippen LogP contribution in [0.25, 0.3) is 5.82 Å². The van der Waals surface area contributed by atoms with Crippen LogP contribution < -0.4 is 25.4 Å². The largest absolute Gasteiger partial charge is 0.493 e. The number of methoxy groups -OCH3 is 2. The molecule has 3 aromatic rings. The number of piperidine rings is 1. The number of hydrogen-bond acceptors (Lipinski definition) is 13. The van der Waals surface area contributed by atoms with E-state index in [-0.39, 0.29) is 34.6 Å². The van der Waals surface area contributed by atoms with Gasteiger partial charge in [0.2, 0.25) is 17.4 Å². The highest BCUT2D eigenvalue weighted by Crippen LogP contribution is 2.38. The number of nitrogens with zero attached hydrogens (tertiary/aromatic N) is 7. The molecule has 1 amide bonds. The second-order valence-corrected chi connectivity index (χ2v) is 8.63. The van der Waals surface area contributed by atoms with Gasteiger partial charge in [-0.25, -0.2) is 10.1 Å². The lowest BCUT2D eigenvalue weighted by Crippen LogP contribution is -2.38. The van der Waals surface area contributed by atoms with Gasteiger partial charge in [0.15, 0.2) is 17.2 Å². The van der Waals surface area contributed by atoms with Crippen LogP contribution in [0.2, 0.25) is 0 Å². The Morgan fingerprint density at radius 2 is 1.97 bits per heavy atom. The molecule has 1 saturated heterocycles. The summed E-state index contributed by atoms with van der Waals surface area (Å²) >= 11 is 0. The van der Waals surface area contributed by atoms with E-state index < -0.39 is 11.9 Å². The average molecular weight is 528 g/mol. The van der Waals surface area contributed by atoms with Crippen LogP contribution in [0.5, 0.6) is 17.2 Å². The van der Waals surface area contributed by atoms with Gasteiger partial charge in [0.25, 0.3) is 5.91 Å². The molecule has 3 heterocycles. The van der Waals surface area contributed by atoms with E-state index in [0.29, 0.717) is 23.8 Å². The van der Waals surface area contributed by atoms with Gasteiger partial charge < -0.3 is 19.9 Å². The first kappa shape index (κ1) is 26.5. The van der Waals surface area contributed by atoms with Crippen molar-refractivity contribution in [3.05, 3.63) is 29.1 Å². The maximum absolute atomic E-state index is 13.1. The van der Waals surface area contributed by atoms with Crippen LogP contribution in [0, 0.1) is 0 Å². The van der Waals surface area contributed by atoms with Gasteiger partial charge >= 0.3 is 5.97 Å². The Labute approximate surface area is 217 Å². The van der Waals surface area contributed by atoms with Gasteiger partial charge in [-0.2, -0.15) is 9.78 Å². The maximum Gasteiger partial charge on any atom is 0.308 e. The summed E-state index contributed by atoms with van der Waals surface area (Å²) in [7, 11) is 2.85. The van der Waals surface area contributed by atoms with Crippen molar-refractivity contribution in [3.63, 3.8) is 0 Å². The van der Waals surface area contributed by atoms with E-state index in [1.54, 1.807) is 12.1 Å². The van der Waals surface area contributed by atoms with Crippen molar-refractivity contribution in [3.8, 4) is 23.1 Å². The van der Waals surface area contributed by atoms with E-state index in [1.807, 2.05) is 0 Å². The lowest BCUT2D eigenvalue weighted by molar-refractivity contribution is -0.132. The Bertz CT molecular complexity index is 1310. The zero-order valence-corrected chi connectivity index (χ0v) is 21.5. The maximum atomic E-state index is 13.1. The highest BCUT2D eigenvalue weighted by Gasteiger charge is 2.28. The second-order valence-electron chi connectivity index (χ2n) is 8.63. The average Bonchev–Trinajstić information content (AvgIpc) is 3.51. The third kappa shape index (κ3) is 5.72. The standard InChI is InChI=1S/C23H29N9O6/c1-13-7-5-6-8-31(13)12-16-19(26-30-32(16)22-21(24)28-38-29-22)23(34)27-25-11-15-9-17(35-3)20(37-14(2)33)18(10-15)36-4/h9-11,13H,5-8,12H2,1-4H3,(H2,24,28)(H,27,34). The zero-order valence-electron chi connectivity index (χ0n) is 21.5. The molecule has 2 aromatic heterocycles. The fourth-order valence-electron chi connectivity index (χ4n) is 4.15. The van der Waals surface area contributed by atoms with Gasteiger partial charge in [-0.15, -0.1) is 5.10 Å². The Hall–Kier alpha value is -4.53.